The lowest BCUT2D eigenvalue weighted by Crippen LogP contribution is -2.47. The molecule has 0 spiro atoms. The molecule has 0 saturated carbocycles. The number of hydrogen-bond donors (Lipinski definition) is 0. The van der Waals surface area contributed by atoms with E-state index in [1.165, 1.54) is 11.2 Å². The van der Waals surface area contributed by atoms with Crippen molar-refractivity contribution in [3.63, 3.8) is 0 Å². The van der Waals surface area contributed by atoms with Crippen molar-refractivity contribution in [2.24, 2.45) is 0 Å². The summed E-state index contributed by atoms with van der Waals surface area (Å²) in [5, 5.41) is 29.8. The molecule has 0 N–H and O–H groups in total. The van der Waals surface area contributed by atoms with Crippen molar-refractivity contribution >= 4 is 23.0 Å². The zero-order valence-electron chi connectivity index (χ0n) is 16.4. The van der Waals surface area contributed by atoms with Gasteiger partial charge in [0.15, 0.2) is 0 Å². The summed E-state index contributed by atoms with van der Waals surface area (Å²) in [5.41, 5.74) is 0.753. The number of methoxy groups -OCH3 is 1. The number of anilines is 3. The first-order valence-electron chi connectivity index (χ1n) is 9.21. The molecular formula is C19H20N8O3. The lowest BCUT2D eigenvalue weighted by atomic mass is 10.2. The van der Waals surface area contributed by atoms with Gasteiger partial charge in [-0.15, -0.1) is 0 Å². The molecule has 2 heterocycles. The Balaban J connectivity index is 1.82. The van der Waals surface area contributed by atoms with E-state index in [-0.39, 0.29) is 30.4 Å². The van der Waals surface area contributed by atoms with E-state index in [1.807, 2.05) is 41.3 Å². The molecule has 1 aromatic carbocycles. The molecule has 0 radical (unpaired) electrons. The summed E-state index contributed by atoms with van der Waals surface area (Å²) in [6.07, 6.45) is 1.23. The molecule has 11 nitrogen and oxygen atoms in total. The zero-order chi connectivity index (χ0) is 21.5. The molecule has 0 amide bonds. The molecule has 11 heteroatoms. The number of nitro groups is 1. The zero-order valence-corrected chi connectivity index (χ0v) is 16.4. The summed E-state index contributed by atoms with van der Waals surface area (Å²) in [5.74, 6) is 0.951. The maximum Gasteiger partial charge on any atom is 0.353 e. The first-order chi connectivity index (χ1) is 14.6. The second-order valence-corrected chi connectivity index (χ2v) is 6.47. The van der Waals surface area contributed by atoms with Crippen LogP contribution in [0, 0.1) is 32.8 Å². The standard InChI is InChI=1S/C19H20N8O3/c1-30-16-4-2-15(3-5-16)24-10-12-26(13-11-24)19-17(27(28)29)18(22-14-23-19)25(8-6-20)9-7-21/h2-5,14H,8-13H2,1H3. The van der Waals surface area contributed by atoms with Gasteiger partial charge in [-0.2, -0.15) is 10.5 Å². The van der Waals surface area contributed by atoms with Gasteiger partial charge in [-0.05, 0) is 24.3 Å². The number of rotatable bonds is 7. The Morgan fingerprint density at radius 1 is 1.10 bits per heavy atom. The third-order valence-corrected chi connectivity index (χ3v) is 4.81. The van der Waals surface area contributed by atoms with Crippen LogP contribution < -0.4 is 19.4 Å². The summed E-state index contributed by atoms with van der Waals surface area (Å²) in [6.45, 7) is 2.00. The van der Waals surface area contributed by atoms with Crippen molar-refractivity contribution in [1.82, 2.24) is 9.97 Å². The molecular weight excluding hydrogens is 388 g/mol. The second-order valence-electron chi connectivity index (χ2n) is 6.47. The van der Waals surface area contributed by atoms with Gasteiger partial charge in [0, 0.05) is 31.9 Å². The van der Waals surface area contributed by atoms with Crippen molar-refractivity contribution in [3.05, 3.63) is 40.7 Å². The van der Waals surface area contributed by atoms with Gasteiger partial charge in [-0.25, -0.2) is 9.97 Å². The fourth-order valence-electron chi connectivity index (χ4n) is 3.33. The minimum atomic E-state index is -0.553. The summed E-state index contributed by atoms with van der Waals surface area (Å²) in [4.78, 5) is 24.7. The van der Waals surface area contributed by atoms with Crippen LogP contribution in [0.1, 0.15) is 0 Å². The van der Waals surface area contributed by atoms with E-state index in [4.69, 9.17) is 15.3 Å². The van der Waals surface area contributed by atoms with Crippen LogP contribution in [0.5, 0.6) is 5.75 Å². The first kappa shape index (κ1) is 20.6. The van der Waals surface area contributed by atoms with Gasteiger partial charge in [0.25, 0.3) is 0 Å². The molecule has 3 rings (SSSR count). The summed E-state index contributed by atoms with van der Waals surface area (Å²) in [7, 11) is 1.62. The van der Waals surface area contributed by atoms with E-state index >= 15 is 0 Å². The highest BCUT2D eigenvalue weighted by molar-refractivity contribution is 5.72. The van der Waals surface area contributed by atoms with E-state index in [1.54, 1.807) is 7.11 Å². The third-order valence-electron chi connectivity index (χ3n) is 4.81. The lowest BCUT2D eigenvalue weighted by Gasteiger charge is -2.36. The van der Waals surface area contributed by atoms with Crippen LogP contribution in [0.3, 0.4) is 0 Å². The van der Waals surface area contributed by atoms with Crippen molar-refractivity contribution in [1.29, 1.82) is 10.5 Å². The molecule has 154 valence electrons. The molecule has 1 aromatic heterocycles. The average Bonchev–Trinajstić information content (AvgIpc) is 2.78. The Labute approximate surface area is 173 Å². The number of nitriles is 2. The van der Waals surface area contributed by atoms with E-state index in [9.17, 15) is 10.1 Å². The Morgan fingerprint density at radius 2 is 1.70 bits per heavy atom. The molecule has 2 aromatic rings. The molecule has 1 saturated heterocycles. The molecule has 0 aliphatic carbocycles. The molecule has 30 heavy (non-hydrogen) atoms. The maximum absolute atomic E-state index is 11.8. The maximum atomic E-state index is 11.8. The van der Waals surface area contributed by atoms with Gasteiger partial charge in [0.05, 0.1) is 24.2 Å². The summed E-state index contributed by atoms with van der Waals surface area (Å²) < 4.78 is 5.18. The van der Waals surface area contributed by atoms with Crippen LogP contribution >= 0.6 is 0 Å². The number of aromatic nitrogens is 2. The minimum absolute atomic E-state index is 0.0225. The van der Waals surface area contributed by atoms with Gasteiger partial charge < -0.3 is 19.4 Å². The SMILES string of the molecule is COc1ccc(N2CCN(c3ncnc(N(CC#N)CC#N)c3[N+](=O)[O-])CC2)cc1. The largest absolute Gasteiger partial charge is 0.497 e. The fourth-order valence-corrected chi connectivity index (χ4v) is 3.33. The molecule has 0 bridgehead atoms. The highest BCUT2D eigenvalue weighted by Gasteiger charge is 2.31. The highest BCUT2D eigenvalue weighted by atomic mass is 16.6. The topological polar surface area (TPSA) is 135 Å². The van der Waals surface area contributed by atoms with Crippen molar-refractivity contribution in [2.45, 2.75) is 0 Å². The Hall–Kier alpha value is -4.12. The molecule has 1 aliphatic heterocycles. The summed E-state index contributed by atoms with van der Waals surface area (Å²) in [6, 6.07) is 11.6. The van der Waals surface area contributed by atoms with Crippen LogP contribution in [0.25, 0.3) is 0 Å². The smallest absolute Gasteiger partial charge is 0.353 e. The van der Waals surface area contributed by atoms with Crippen LogP contribution in [-0.4, -0.2) is 61.3 Å². The number of hydrogen-bond acceptors (Lipinski definition) is 10. The van der Waals surface area contributed by atoms with Gasteiger partial charge in [0.2, 0.25) is 11.6 Å². The van der Waals surface area contributed by atoms with Gasteiger partial charge in [-0.3, -0.25) is 10.1 Å². The number of piperazine rings is 1. The van der Waals surface area contributed by atoms with Crippen LogP contribution in [0.2, 0.25) is 0 Å². The molecule has 0 atom stereocenters. The normalized spacial score (nSPS) is 13.3. The lowest BCUT2D eigenvalue weighted by molar-refractivity contribution is -0.383. The van der Waals surface area contributed by atoms with E-state index in [0.717, 1.165) is 11.4 Å². The van der Waals surface area contributed by atoms with Crippen LogP contribution in [0.4, 0.5) is 23.0 Å². The number of nitrogens with zero attached hydrogens (tertiary/aromatic N) is 8. The first-order valence-corrected chi connectivity index (χ1v) is 9.21. The second kappa shape index (κ2) is 9.39. The highest BCUT2D eigenvalue weighted by Crippen LogP contribution is 2.34. The summed E-state index contributed by atoms with van der Waals surface area (Å²) >= 11 is 0. The van der Waals surface area contributed by atoms with Crippen molar-refractivity contribution < 1.29 is 9.66 Å². The quantitative estimate of drug-likeness (QED) is 0.377. The monoisotopic (exact) mass is 408 g/mol. The Kier molecular flexibility index (Phi) is 6.45. The third kappa shape index (κ3) is 4.31. The Morgan fingerprint density at radius 3 is 2.23 bits per heavy atom. The minimum Gasteiger partial charge on any atom is -0.497 e. The number of ether oxygens (including phenoxy) is 1. The van der Waals surface area contributed by atoms with E-state index in [0.29, 0.717) is 26.2 Å². The van der Waals surface area contributed by atoms with Gasteiger partial charge >= 0.3 is 5.69 Å². The predicted octanol–water partition coefficient (Wildman–Crippen LogP) is 1.57. The van der Waals surface area contributed by atoms with Crippen molar-refractivity contribution in [2.75, 3.05) is 61.1 Å². The van der Waals surface area contributed by atoms with Gasteiger partial charge in [-0.1, -0.05) is 0 Å². The Bertz CT molecular complexity index is 959. The molecule has 0 unspecified atom stereocenters. The van der Waals surface area contributed by atoms with E-state index in [2.05, 4.69) is 14.9 Å². The van der Waals surface area contributed by atoms with Crippen LogP contribution in [0.15, 0.2) is 30.6 Å². The fraction of sp³-hybridized carbons (Fsp3) is 0.368. The van der Waals surface area contributed by atoms with Gasteiger partial charge in [0.1, 0.15) is 25.2 Å². The molecule has 1 fully saturated rings. The predicted molar refractivity (Wildman–Crippen MR) is 110 cm³/mol. The van der Waals surface area contributed by atoms with Crippen molar-refractivity contribution in [3.8, 4) is 17.9 Å². The van der Waals surface area contributed by atoms with E-state index < -0.39 is 4.92 Å². The molecule has 1 aliphatic rings. The average molecular weight is 408 g/mol. The number of benzene rings is 1. The van der Waals surface area contributed by atoms with Crippen LogP contribution in [-0.2, 0) is 0 Å².